The number of fused-ring (bicyclic) bond motifs is 1. The lowest BCUT2D eigenvalue weighted by molar-refractivity contribution is -0.150. The SMILES string of the molecule is O=C(C[C@H](c1cn2ncc(CN3C[C@@H](C(F)(F)F)NC3=O)cc2n1)C1CCC(F)(F)CC1)OCc1ccccc1. The smallest absolute Gasteiger partial charge is 0.410 e. The molecule has 2 aliphatic rings. The van der Waals surface area contributed by atoms with E-state index in [-0.39, 0.29) is 51.2 Å². The normalized spacial score (nSPS) is 20.5. The number of hydrogen-bond acceptors (Lipinski definition) is 5. The van der Waals surface area contributed by atoms with Crippen molar-refractivity contribution in [3.05, 3.63) is 65.6 Å². The highest BCUT2D eigenvalue weighted by atomic mass is 19.4. The third-order valence-electron chi connectivity index (χ3n) is 7.49. The van der Waals surface area contributed by atoms with Crippen molar-refractivity contribution in [3.8, 4) is 0 Å². The van der Waals surface area contributed by atoms with E-state index in [0.717, 1.165) is 10.5 Å². The average Bonchev–Trinajstić information content (AvgIpc) is 3.50. The van der Waals surface area contributed by atoms with Gasteiger partial charge in [0, 0.05) is 25.3 Å². The second-order valence-corrected chi connectivity index (χ2v) is 10.4. The number of imidazole rings is 1. The summed E-state index contributed by atoms with van der Waals surface area (Å²) in [5.41, 5.74) is 2.15. The number of nitrogens with zero attached hydrogens (tertiary/aromatic N) is 4. The van der Waals surface area contributed by atoms with Crippen LogP contribution in [-0.2, 0) is 22.7 Å². The first-order valence-corrected chi connectivity index (χ1v) is 13.0. The third-order valence-corrected chi connectivity index (χ3v) is 7.49. The third kappa shape index (κ3) is 6.50. The highest BCUT2D eigenvalue weighted by molar-refractivity contribution is 5.77. The van der Waals surface area contributed by atoms with Gasteiger partial charge < -0.3 is 15.0 Å². The van der Waals surface area contributed by atoms with E-state index < -0.39 is 42.6 Å². The average molecular weight is 566 g/mol. The van der Waals surface area contributed by atoms with E-state index in [1.807, 2.05) is 35.6 Å². The number of halogens is 5. The highest BCUT2D eigenvalue weighted by Gasteiger charge is 2.46. The van der Waals surface area contributed by atoms with E-state index in [1.165, 1.54) is 10.7 Å². The molecule has 3 heterocycles. The van der Waals surface area contributed by atoms with Crippen LogP contribution in [0.3, 0.4) is 0 Å². The van der Waals surface area contributed by atoms with E-state index in [4.69, 9.17) is 4.74 Å². The second-order valence-electron chi connectivity index (χ2n) is 10.4. The molecule has 3 aromatic rings. The molecule has 1 saturated heterocycles. The van der Waals surface area contributed by atoms with Crippen LogP contribution in [0.5, 0.6) is 0 Å². The zero-order chi connectivity index (χ0) is 28.5. The number of esters is 1. The molecule has 1 aliphatic carbocycles. The van der Waals surface area contributed by atoms with E-state index in [0.29, 0.717) is 16.9 Å². The fourth-order valence-electron chi connectivity index (χ4n) is 5.28. The van der Waals surface area contributed by atoms with Crippen LogP contribution in [0.15, 0.2) is 48.8 Å². The largest absolute Gasteiger partial charge is 0.461 e. The minimum Gasteiger partial charge on any atom is -0.461 e. The van der Waals surface area contributed by atoms with Gasteiger partial charge in [0.1, 0.15) is 12.6 Å². The number of nitrogens with one attached hydrogen (secondary N) is 1. The minimum atomic E-state index is -4.55. The number of ether oxygens (including phenoxy) is 1. The standard InChI is InChI=1S/C27H28F5N5O3/c28-26(29)8-6-19(7-9-26)20(11-24(38)40-16-17-4-2-1-3-5-17)21-14-37-23(34-21)10-18(12-33-37)13-36-15-22(27(30,31)32)35-25(36)39/h1-5,10,12,14,19-20,22H,6-9,11,13,15-16H2,(H,35,39)/t20-,22-/m0/s1. The molecule has 1 N–H and O–H groups in total. The van der Waals surface area contributed by atoms with Gasteiger partial charge in [-0.3, -0.25) is 4.79 Å². The Morgan fingerprint density at radius 1 is 1.15 bits per heavy atom. The molecule has 0 spiro atoms. The van der Waals surface area contributed by atoms with Gasteiger partial charge in [-0.1, -0.05) is 30.3 Å². The molecular weight excluding hydrogens is 537 g/mol. The number of hydrogen-bond donors (Lipinski definition) is 1. The fraction of sp³-hybridized carbons (Fsp3) is 0.481. The molecule has 1 aromatic carbocycles. The summed E-state index contributed by atoms with van der Waals surface area (Å²) in [5.74, 6) is -3.92. The van der Waals surface area contributed by atoms with Gasteiger partial charge in [-0.2, -0.15) is 18.3 Å². The molecular formula is C27H28F5N5O3. The van der Waals surface area contributed by atoms with Crippen molar-refractivity contribution in [1.82, 2.24) is 24.8 Å². The lowest BCUT2D eigenvalue weighted by Gasteiger charge is -2.32. The van der Waals surface area contributed by atoms with Gasteiger partial charge in [-0.25, -0.2) is 23.1 Å². The molecule has 0 radical (unpaired) electrons. The predicted octanol–water partition coefficient (Wildman–Crippen LogP) is 5.23. The quantitative estimate of drug-likeness (QED) is 0.299. The minimum absolute atomic E-state index is 0.0490. The molecule has 214 valence electrons. The number of alkyl halides is 5. The Hall–Kier alpha value is -3.77. The molecule has 2 atom stereocenters. The number of urea groups is 1. The molecule has 2 aromatic heterocycles. The summed E-state index contributed by atoms with van der Waals surface area (Å²) in [4.78, 5) is 30.5. The zero-order valence-electron chi connectivity index (χ0n) is 21.4. The Kier molecular flexibility index (Phi) is 7.65. The van der Waals surface area contributed by atoms with E-state index in [9.17, 15) is 31.5 Å². The monoisotopic (exact) mass is 565 g/mol. The van der Waals surface area contributed by atoms with Crippen LogP contribution in [0, 0.1) is 5.92 Å². The summed E-state index contributed by atoms with van der Waals surface area (Å²) >= 11 is 0. The molecule has 1 aliphatic heterocycles. The van der Waals surface area contributed by atoms with E-state index in [1.54, 1.807) is 12.3 Å². The van der Waals surface area contributed by atoms with Crippen molar-refractivity contribution in [3.63, 3.8) is 0 Å². The molecule has 1 saturated carbocycles. The maximum atomic E-state index is 13.9. The van der Waals surface area contributed by atoms with Crippen molar-refractivity contribution in [2.45, 2.75) is 69.3 Å². The molecule has 2 fully saturated rings. The van der Waals surface area contributed by atoms with Crippen LogP contribution < -0.4 is 5.32 Å². The number of carbonyl (C=O) groups excluding carboxylic acids is 2. The summed E-state index contributed by atoms with van der Waals surface area (Å²) in [6, 6.07) is 8.00. The first kappa shape index (κ1) is 27.8. The molecule has 5 rings (SSSR count). The molecule has 40 heavy (non-hydrogen) atoms. The van der Waals surface area contributed by atoms with E-state index >= 15 is 0 Å². The van der Waals surface area contributed by atoms with Crippen molar-refractivity contribution in [2.75, 3.05) is 6.54 Å². The lowest BCUT2D eigenvalue weighted by Crippen LogP contribution is -2.40. The van der Waals surface area contributed by atoms with Crippen LogP contribution in [0.25, 0.3) is 5.65 Å². The van der Waals surface area contributed by atoms with Gasteiger partial charge in [-0.05, 0) is 36.0 Å². The van der Waals surface area contributed by atoms with Gasteiger partial charge >= 0.3 is 18.2 Å². The molecule has 8 nitrogen and oxygen atoms in total. The van der Waals surface area contributed by atoms with Crippen molar-refractivity contribution in [2.24, 2.45) is 5.92 Å². The van der Waals surface area contributed by atoms with Crippen molar-refractivity contribution in [1.29, 1.82) is 0 Å². The molecule has 0 unspecified atom stereocenters. The van der Waals surface area contributed by atoms with Crippen LogP contribution in [0.4, 0.5) is 26.7 Å². The van der Waals surface area contributed by atoms with Gasteiger partial charge in [0.15, 0.2) is 5.65 Å². The second kappa shape index (κ2) is 11.0. The number of amides is 2. The number of rotatable bonds is 8. The summed E-state index contributed by atoms with van der Waals surface area (Å²) in [6.45, 7) is -0.534. The molecule has 13 heteroatoms. The predicted molar refractivity (Wildman–Crippen MR) is 132 cm³/mol. The van der Waals surface area contributed by atoms with Gasteiger partial charge in [0.2, 0.25) is 5.92 Å². The highest BCUT2D eigenvalue weighted by Crippen LogP contribution is 2.43. The number of carbonyl (C=O) groups is 2. The summed E-state index contributed by atoms with van der Waals surface area (Å²) in [7, 11) is 0. The first-order chi connectivity index (χ1) is 19.0. The van der Waals surface area contributed by atoms with Crippen LogP contribution >= 0.6 is 0 Å². The number of aromatic nitrogens is 3. The Bertz CT molecular complexity index is 1350. The van der Waals surface area contributed by atoms with Gasteiger partial charge in [-0.15, -0.1) is 0 Å². The van der Waals surface area contributed by atoms with Crippen LogP contribution in [0.1, 0.15) is 54.8 Å². The topological polar surface area (TPSA) is 88.8 Å². The Morgan fingerprint density at radius 2 is 1.88 bits per heavy atom. The summed E-state index contributed by atoms with van der Waals surface area (Å²) < 4.78 is 73.7. The Balaban J connectivity index is 1.32. The Labute approximate surface area is 226 Å². The van der Waals surface area contributed by atoms with Gasteiger partial charge in [0.05, 0.1) is 31.1 Å². The van der Waals surface area contributed by atoms with E-state index in [2.05, 4.69) is 10.1 Å². The summed E-state index contributed by atoms with van der Waals surface area (Å²) in [6.07, 6.45) is -1.65. The van der Waals surface area contributed by atoms with Gasteiger partial charge in [0.25, 0.3) is 0 Å². The van der Waals surface area contributed by atoms with Crippen LogP contribution in [-0.4, -0.2) is 56.2 Å². The first-order valence-electron chi connectivity index (χ1n) is 13.0. The maximum Gasteiger partial charge on any atom is 0.410 e. The number of benzene rings is 1. The summed E-state index contributed by atoms with van der Waals surface area (Å²) in [5, 5.41) is 6.20. The molecule has 0 bridgehead atoms. The van der Waals surface area contributed by atoms with Crippen molar-refractivity contribution >= 4 is 17.6 Å². The maximum absolute atomic E-state index is 13.9. The van der Waals surface area contributed by atoms with Crippen LogP contribution in [0.2, 0.25) is 0 Å². The lowest BCUT2D eigenvalue weighted by atomic mass is 9.76. The zero-order valence-corrected chi connectivity index (χ0v) is 21.4. The Morgan fingerprint density at radius 3 is 2.55 bits per heavy atom. The molecule has 2 amide bonds. The van der Waals surface area contributed by atoms with Crippen molar-refractivity contribution < 1.29 is 36.3 Å². The fourth-order valence-corrected chi connectivity index (χ4v) is 5.28.